The van der Waals surface area contributed by atoms with Crippen molar-refractivity contribution >= 4 is 27.7 Å². The van der Waals surface area contributed by atoms with E-state index in [-0.39, 0.29) is 18.0 Å². The zero-order chi connectivity index (χ0) is 25.4. The molecule has 0 unspecified atom stereocenters. The van der Waals surface area contributed by atoms with Crippen molar-refractivity contribution in [2.75, 3.05) is 19.6 Å². The van der Waals surface area contributed by atoms with Crippen LogP contribution in [0.2, 0.25) is 0 Å². The monoisotopic (exact) mass is 485 g/mol. The number of hydrogen-bond acceptors (Lipinski definition) is 4. The van der Waals surface area contributed by atoms with Gasteiger partial charge in [-0.3, -0.25) is 14.5 Å². The molecule has 0 radical (unpaired) electrons. The first-order chi connectivity index (χ1) is 17.4. The summed E-state index contributed by atoms with van der Waals surface area (Å²) in [6.45, 7) is 11.7. The predicted octanol–water partition coefficient (Wildman–Crippen LogP) is 3.93. The van der Waals surface area contributed by atoms with Crippen molar-refractivity contribution in [3.05, 3.63) is 75.2 Å². The Hall–Kier alpha value is -3.45. The lowest BCUT2D eigenvalue weighted by Crippen LogP contribution is -2.42. The van der Waals surface area contributed by atoms with Crippen molar-refractivity contribution in [1.82, 2.24) is 24.6 Å². The molecule has 4 aromatic rings. The van der Waals surface area contributed by atoms with Crippen LogP contribution in [0.4, 0.5) is 0 Å². The Morgan fingerprint density at radius 1 is 1.11 bits per heavy atom. The van der Waals surface area contributed by atoms with E-state index in [1.54, 1.807) is 6.20 Å². The maximum atomic E-state index is 13.7. The highest BCUT2D eigenvalue weighted by atomic mass is 16.2. The normalized spacial score (nSPS) is 16.3. The van der Waals surface area contributed by atoms with Crippen molar-refractivity contribution in [2.45, 2.75) is 59.7 Å². The zero-order valence-electron chi connectivity index (χ0n) is 21.7. The molecule has 188 valence electrons. The third kappa shape index (κ3) is 4.44. The molecule has 1 saturated heterocycles. The van der Waals surface area contributed by atoms with E-state index in [2.05, 4.69) is 59.7 Å². The third-order valence-electron chi connectivity index (χ3n) is 7.66. The van der Waals surface area contributed by atoms with Gasteiger partial charge >= 0.3 is 0 Å². The molecular formula is C29H35N5O2. The van der Waals surface area contributed by atoms with Crippen molar-refractivity contribution in [3.8, 4) is 0 Å². The molecule has 1 N–H and O–H groups in total. The SMILES string of the molecule is CCN1CCC[C@H]1CNC(=O)Cn1ncc2c3ccccc3n(Cc3c(C)cc(C)cc3C)c2c1=O. The van der Waals surface area contributed by atoms with Crippen LogP contribution >= 0.6 is 0 Å². The number of carbonyl (C=O) groups is 1. The minimum absolute atomic E-state index is 0.0856. The van der Waals surface area contributed by atoms with Crippen molar-refractivity contribution < 1.29 is 4.79 Å². The fraction of sp³-hybridized carbons (Fsp3) is 0.414. The number of nitrogens with one attached hydrogen (secondary N) is 1. The van der Waals surface area contributed by atoms with Gasteiger partial charge in [-0.15, -0.1) is 0 Å². The molecule has 1 atom stereocenters. The van der Waals surface area contributed by atoms with Crippen LogP contribution in [0.3, 0.4) is 0 Å². The number of aromatic nitrogens is 3. The number of aryl methyl sites for hydroxylation is 3. The minimum Gasteiger partial charge on any atom is -0.353 e. The maximum absolute atomic E-state index is 13.7. The van der Waals surface area contributed by atoms with E-state index in [9.17, 15) is 9.59 Å². The van der Waals surface area contributed by atoms with Gasteiger partial charge in [-0.25, -0.2) is 4.68 Å². The van der Waals surface area contributed by atoms with Gasteiger partial charge in [0.1, 0.15) is 12.1 Å². The standard InChI is InChI=1S/C29H35N5O2/c1-5-32-12-8-9-22(32)15-30-27(35)18-34-29(36)28-24(16-31-34)23-10-6-7-11-26(23)33(28)17-25-20(3)13-19(2)14-21(25)4/h6-7,10-11,13-14,16,22H,5,8-9,12,15,17-18H2,1-4H3,(H,30,35)/t22-/m0/s1. The van der Waals surface area contributed by atoms with Gasteiger partial charge in [0.25, 0.3) is 5.56 Å². The minimum atomic E-state index is -0.239. The average molecular weight is 486 g/mol. The lowest BCUT2D eigenvalue weighted by atomic mass is 10.00. The van der Waals surface area contributed by atoms with Crippen LogP contribution in [-0.4, -0.2) is 50.8 Å². The second kappa shape index (κ2) is 9.90. The summed E-state index contributed by atoms with van der Waals surface area (Å²) in [7, 11) is 0. The Bertz CT molecular complexity index is 1480. The van der Waals surface area contributed by atoms with Crippen LogP contribution in [0.5, 0.6) is 0 Å². The Labute approximate surface area is 211 Å². The zero-order valence-corrected chi connectivity index (χ0v) is 21.7. The Morgan fingerprint density at radius 3 is 2.61 bits per heavy atom. The Balaban J connectivity index is 1.50. The van der Waals surface area contributed by atoms with E-state index in [4.69, 9.17) is 0 Å². The largest absolute Gasteiger partial charge is 0.353 e. The van der Waals surface area contributed by atoms with E-state index in [1.807, 2.05) is 24.3 Å². The van der Waals surface area contributed by atoms with E-state index >= 15 is 0 Å². The van der Waals surface area contributed by atoms with Crippen molar-refractivity contribution in [2.24, 2.45) is 0 Å². The number of hydrogen-bond donors (Lipinski definition) is 1. The van der Waals surface area contributed by atoms with Gasteiger partial charge in [-0.2, -0.15) is 5.10 Å². The van der Waals surface area contributed by atoms with Crippen molar-refractivity contribution in [1.29, 1.82) is 0 Å². The third-order valence-corrected chi connectivity index (χ3v) is 7.66. The van der Waals surface area contributed by atoms with E-state index in [0.29, 0.717) is 24.6 Å². The summed E-state index contributed by atoms with van der Waals surface area (Å²) in [5.41, 5.74) is 6.20. The van der Waals surface area contributed by atoms with Crippen LogP contribution in [0, 0.1) is 20.8 Å². The predicted molar refractivity (Wildman–Crippen MR) is 145 cm³/mol. The summed E-state index contributed by atoms with van der Waals surface area (Å²) >= 11 is 0. The van der Waals surface area contributed by atoms with Crippen LogP contribution in [0.15, 0.2) is 47.4 Å². The first kappa shape index (κ1) is 24.3. The van der Waals surface area contributed by atoms with Crippen LogP contribution < -0.4 is 10.9 Å². The molecule has 0 aliphatic carbocycles. The summed E-state index contributed by atoms with van der Waals surface area (Å²) in [6.07, 6.45) is 3.99. The number of rotatable bonds is 7. The number of nitrogens with zero attached hydrogens (tertiary/aromatic N) is 4. The van der Waals surface area contributed by atoms with E-state index < -0.39 is 0 Å². The molecule has 1 fully saturated rings. The van der Waals surface area contributed by atoms with E-state index in [1.165, 1.54) is 26.9 Å². The molecule has 1 aliphatic heterocycles. The molecule has 7 heteroatoms. The molecule has 0 saturated carbocycles. The topological polar surface area (TPSA) is 72.2 Å². The molecule has 7 nitrogen and oxygen atoms in total. The highest BCUT2D eigenvalue weighted by Gasteiger charge is 2.23. The van der Waals surface area contributed by atoms with Gasteiger partial charge < -0.3 is 9.88 Å². The summed E-state index contributed by atoms with van der Waals surface area (Å²) in [4.78, 5) is 28.9. The highest BCUT2D eigenvalue weighted by molar-refractivity contribution is 6.07. The van der Waals surface area contributed by atoms with Crippen LogP contribution in [0.25, 0.3) is 21.8 Å². The van der Waals surface area contributed by atoms with Gasteiger partial charge in [-0.1, -0.05) is 42.8 Å². The molecule has 0 spiro atoms. The molecule has 0 bridgehead atoms. The smallest absolute Gasteiger partial charge is 0.291 e. The maximum Gasteiger partial charge on any atom is 0.291 e. The summed E-state index contributed by atoms with van der Waals surface area (Å²) in [5.74, 6) is -0.181. The summed E-state index contributed by atoms with van der Waals surface area (Å²) in [6, 6.07) is 12.8. The van der Waals surface area contributed by atoms with Gasteiger partial charge in [-0.05, 0) is 69.5 Å². The molecule has 2 aromatic heterocycles. The number of benzene rings is 2. The molecule has 1 aliphatic rings. The molecule has 5 rings (SSSR count). The quantitative estimate of drug-likeness (QED) is 0.431. The van der Waals surface area contributed by atoms with Gasteiger partial charge in [0.15, 0.2) is 0 Å². The Morgan fingerprint density at radius 2 is 1.86 bits per heavy atom. The second-order valence-electron chi connectivity index (χ2n) is 10.1. The van der Waals surface area contributed by atoms with Gasteiger partial charge in [0.2, 0.25) is 5.91 Å². The van der Waals surface area contributed by atoms with Gasteiger partial charge in [0, 0.05) is 35.4 Å². The lowest BCUT2D eigenvalue weighted by Gasteiger charge is -2.22. The second-order valence-corrected chi connectivity index (χ2v) is 10.1. The molecule has 1 amide bonds. The molecule has 3 heterocycles. The number of fused-ring (bicyclic) bond motifs is 3. The molecule has 2 aromatic carbocycles. The fourth-order valence-electron chi connectivity index (χ4n) is 5.85. The summed E-state index contributed by atoms with van der Waals surface area (Å²) in [5, 5.41) is 9.24. The highest BCUT2D eigenvalue weighted by Crippen LogP contribution is 2.28. The fourth-order valence-corrected chi connectivity index (χ4v) is 5.85. The number of likely N-dealkylation sites (N-methyl/N-ethyl adjacent to an activating group) is 1. The summed E-state index contributed by atoms with van der Waals surface area (Å²) < 4.78 is 3.39. The first-order valence-electron chi connectivity index (χ1n) is 12.9. The van der Waals surface area contributed by atoms with Gasteiger partial charge in [0.05, 0.1) is 6.20 Å². The molecular weight excluding hydrogens is 450 g/mol. The number of amides is 1. The number of para-hydroxylation sites is 1. The number of carbonyl (C=O) groups excluding carboxylic acids is 1. The van der Waals surface area contributed by atoms with E-state index in [0.717, 1.165) is 42.2 Å². The number of likely N-dealkylation sites (tertiary alicyclic amines) is 1. The van der Waals surface area contributed by atoms with Crippen LogP contribution in [-0.2, 0) is 17.9 Å². The first-order valence-corrected chi connectivity index (χ1v) is 12.9. The van der Waals surface area contributed by atoms with Crippen LogP contribution in [0.1, 0.15) is 42.0 Å². The molecule has 36 heavy (non-hydrogen) atoms. The Kier molecular flexibility index (Phi) is 6.67. The average Bonchev–Trinajstić information content (AvgIpc) is 3.44. The van der Waals surface area contributed by atoms with Crippen molar-refractivity contribution in [3.63, 3.8) is 0 Å². The lowest BCUT2D eigenvalue weighted by molar-refractivity contribution is -0.122.